The van der Waals surface area contributed by atoms with E-state index in [2.05, 4.69) is 29.4 Å². The zero-order valence-corrected chi connectivity index (χ0v) is 8.78. The van der Waals surface area contributed by atoms with Crippen LogP contribution in [0.5, 0.6) is 0 Å². The summed E-state index contributed by atoms with van der Waals surface area (Å²) in [6.07, 6.45) is 9.65. The van der Waals surface area contributed by atoms with Crippen molar-refractivity contribution in [1.82, 2.24) is 0 Å². The average Bonchev–Trinajstić information content (AvgIpc) is 1.96. The van der Waals surface area contributed by atoms with Gasteiger partial charge >= 0.3 is 0 Å². The molecule has 0 bridgehead atoms. The van der Waals surface area contributed by atoms with Gasteiger partial charge in [0.2, 0.25) is 0 Å². The molecule has 0 heterocycles. The van der Waals surface area contributed by atoms with Crippen molar-refractivity contribution in [3.05, 3.63) is 19.6 Å². The highest BCUT2D eigenvalue weighted by Gasteiger charge is 1.94. The maximum absolute atomic E-state index is 3.87. The van der Waals surface area contributed by atoms with Crippen molar-refractivity contribution >= 4 is 15.9 Å². The highest BCUT2D eigenvalue weighted by molar-refractivity contribution is 9.09. The fourth-order valence-electron chi connectivity index (χ4n) is 1.01. The first kappa shape index (κ1) is 11.2. The van der Waals surface area contributed by atoms with Crippen molar-refractivity contribution in [2.45, 2.75) is 43.4 Å². The third-order valence-electron chi connectivity index (χ3n) is 1.68. The van der Waals surface area contributed by atoms with E-state index in [9.17, 15) is 0 Å². The van der Waals surface area contributed by atoms with Crippen LogP contribution in [-0.2, 0) is 0 Å². The SMILES string of the molecule is [CH2]C(Br)CCCCCCC=C. The smallest absolute Gasteiger partial charge is 0.0146 e. The summed E-state index contributed by atoms with van der Waals surface area (Å²) in [5.41, 5.74) is 0. The predicted molar refractivity (Wildman–Crippen MR) is 56.0 cm³/mol. The molecule has 0 aromatic rings. The minimum Gasteiger partial charge on any atom is -0.103 e. The quantitative estimate of drug-likeness (QED) is 0.342. The Kier molecular flexibility index (Phi) is 8.48. The van der Waals surface area contributed by atoms with Gasteiger partial charge in [0.15, 0.2) is 0 Å². The van der Waals surface area contributed by atoms with E-state index in [1.54, 1.807) is 0 Å². The van der Waals surface area contributed by atoms with Gasteiger partial charge < -0.3 is 0 Å². The molecule has 0 saturated heterocycles. The highest BCUT2D eigenvalue weighted by Crippen LogP contribution is 2.11. The minimum atomic E-state index is 0.446. The van der Waals surface area contributed by atoms with Crippen LogP contribution in [-0.4, -0.2) is 4.83 Å². The van der Waals surface area contributed by atoms with Crippen molar-refractivity contribution in [1.29, 1.82) is 0 Å². The fraction of sp³-hybridized carbons (Fsp3) is 0.700. The minimum absolute atomic E-state index is 0.446. The molecule has 0 rings (SSSR count). The predicted octanol–water partition coefficient (Wildman–Crippen LogP) is 4.11. The lowest BCUT2D eigenvalue weighted by Gasteiger charge is -2.01. The van der Waals surface area contributed by atoms with Gasteiger partial charge in [0.25, 0.3) is 0 Å². The second-order valence-corrected chi connectivity index (χ2v) is 4.17. The summed E-state index contributed by atoms with van der Waals surface area (Å²) >= 11 is 3.43. The van der Waals surface area contributed by atoms with E-state index >= 15 is 0 Å². The van der Waals surface area contributed by atoms with E-state index in [1.807, 2.05) is 6.08 Å². The fourth-order valence-corrected chi connectivity index (χ4v) is 1.33. The Bertz CT molecular complexity index is 86.9. The number of allylic oxidation sites excluding steroid dienone is 1. The van der Waals surface area contributed by atoms with Crippen molar-refractivity contribution in [3.63, 3.8) is 0 Å². The summed E-state index contributed by atoms with van der Waals surface area (Å²) in [4.78, 5) is 0.446. The Hall–Kier alpha value is 0.220. The number of rotatable bonds is 7. The Morgan fingerprint density at radius 1 is 1.18 bits per heavy atom. The van der Waals surface area contributed by atoms with Gasteiger partial charge in [-0.15, -0.1) is 6.58 Å². The number of alkyl halides is 1. The molecule has 0 aliphatic carbocycles. The lowest BCUT2D eigenvalue weighted by atomic mass is 10.1. The van der Waals surface area contributed by atoms with Crippen LogP contribution in [0.3, 0.4) is 0 Å². The van der Waals surface area contributed by atoms with Crippen molar-refractivity contribution < 1.29 is 0 Å². The van der Waals surface area contributed by atoms with E-state index in [0.717, 1.165) is 0 Å². The molecule has 0 fully saturated rings. The Morgan fingerprint density at radius 3 is 2.36 bits per heavy atom. The molecule has 0 aromatic carbocycles. The van der Waals surface area contributed by atoms with Gasteiger partial charge in [-0.3, -0.25) is 0 Å². The van der Waals surface area contributed by atoms with E-state index in [1.165, 1.54) is 38.5 Å². The van der Waals surface area contributed by atoms with E-state index in [4.69, 9.17) is 0 Å². The number of unbranched alkanes of at least 4 members (excludes halogenated alkanes) is 4. The van der Waals surface area contributed by atoms with Crippen LogP contribution in [0.1, 0.15) is 38.5 Å². The standard InChI is InChI=1S/C10H18Br/c1-3-4-5-6-7-8-9-10(2)11/h3,10H,1-2,4-9H2. The summed E-state index contributed by atoms with van der Waals surface area (Å²) in [5, 5.41) is 0. The molecule has 65 valence electrons. The Balaban J connectivity index is 2.85. The van der Waals surface area contributed by atoms with Gasteiger partial charge in [-0.05, 0) is 26.2 Å². The molecule has 0 saturated carbocycles. The van der Waals surface area contributed by atoms with Gasteiger partial charge in [0, 0.05) is 4.83 Å². The van der Waals surface area contributed by atoms with Crippen LogP contribution >= 0.6 is 15.9 Å². The molecular formula is C10H18Br. The van der Waals surface area contributed by atoms with Crippen molar-refractivity contribution in [2.75, 3.05) is 0 Å². The third kappa shape index (κ3) is 10.2. The van der Waals surface area contributed by atoms with Crippen molar-refractivity contribution in [3.8, 4) is 0 Å². The Labute approximate surface area is 79.2 Å². The number of hydrogen-bond donors (Lipinski definition) is 0. The Morgan fingerprint density at radius 2 is 1.82 bits per heavy atom. The molecular weight excluding hydrogens is 200 g/mol. The molecule has 0 N–H and O–H groups in total. The summed E-state index contributed by atoms with van der Waals surface area (Å²) in [6.45, 7) is 7.56. The molecule has 1 unspecified atom stereocenters. The molecule has 1 heteroatoms. The second-order valence-electron chi connectivity index (χ2n) is 2.88. The molecule has 0 spiro atoms. The number of halogens is 1. The topological polar surface area (TPSA) is 0 Å². The van der Waals surface area contributed by atoms with Gasteiger partial charge in [0.1, 0.15) is 0 Å². The molecule has 0 aliphatic heterocycles. The molecule has 1 atom stereocenters. The molecule has 1 radical (unpaired) electrons. The van der Waals surface area contributed by atoms with Crippen LogP contribution in [0, 0.1) is 6.92 Å². The van der Waals surface area contributed by atoms with E-state index in [-0.39, 0.29) is 0 Å². The lowest BCUT2D eigenvalue weighted by molar-refractivity contribution is 0.627. The highest BCUT2D eigenvalue weighted by atomic mass is 79.9. The van der Waals surface area contributed by atoms with Crippen LogP contribution in [0.2, 0.25) is 0 Å². The van der Waals surface area contributed by atoms with Gasteiger partial charge in [-0.1, -0.05) is 41.3 Å². The summed E-state index contributed by atoms with van der Waals surface area (Å²) in [5.74, 6) is 0. The second kappa shape index (κ2) is 8.32. The first-order valence-corrected chi connectivity index (χ1v) is 5.27. The number of hydrogen-bond acceptors (Lipinski definition) is 0. The van der Waals surface area contributed by atoms with Crippen LogP contribution < -0.4 is 0 Å². The molecule has 0 aromatic heterocycles. The molecule has 0 aliphatic rings. The van der Waals surface area contributed by atoms with Gasteiger partial charge in [0.05, 0.1) is 0 Å². The maximum Gasteiger partial charge on any atom is 0.0146 e. The molecule has 0 nitrogen and oxygen atoms in total. The molecule has 0 amide bonds. The molecule has 11 heavy (non-hydrogen) atoms. The van der Waals surface area contributed by atoms with E-state index in [0.29, 0.717) is 4.83 Å². The zero-order chi connectivity index (χ0) is 8.53. The normalized spacial score (nSPS) is 12.9. The largest absolute Gasteiger partial charge is 0.103 e. The average molecular weight is 218 g/mol. The summed E-state index contributed by atoms with van der Waals surface area (Å²) in [7, 11) is 0. The zero-order valence-electron chi connectivity index (χ0n) is 7.19. The maximum atomic E-state index is 3.87. The van der Waals surface area contributed by atoms with E-state index < -0.39 is 0 Å². The van der Waals surface area contributed by atoms with Gasteiger partial charge in [-0.2, -0.15) is 0 Å². The van der Waals surface area contributed by atoms with Crippen molar-refractivity contribution in [2.24, 2.45) is 0 Å². The third-order valence-corrected chi connectivity index (χ3v) is 2.13. The van der Waals surface area contributed by atoms with Crippen LogP contribution in [0.25, 0.3) is 0 Å². The summed E-state index contributed by atoms with van der Waals surface area (Å²) < 4.78 is 0. The monoisotopic (exact) mass is 217 g/mol. The lowest BCUT2D eigenvalue weighted by Crippen LogP contribution is -1.89. The first-order valence-electron chi connectivity index (χ1n) is 4.35. The first-order chi connectivity index (χ1) is 5.27. The summed E-state index contributed by atoms with van der Waals surface area (Å²) in [6, 6.07) is 0. The van der Waals surface area contributed by atoms with Crippen LogP contribution in [0.15, 0.2) is 12.7 Å². The van der Waals surface area contributed by atoms with Crippen LogP contribution in [0.4, 0.5) is 0 Å². The van der Waals surface area contributed by atoms with Gasteiger partial charge in [-0.25, -0.2) is 0 Å².